The number of nitrogens with zero attached hydrogens (tertiary/aromatic N) is 5. The summed E-state index contributed by atoms with van der Waals surface area (Å²) in [4.78, 5) is 19.8. The van der Waals surface area contributed by atoms with Crippen molar-refractivity contribution < 1.29 is 4.92 Å². The molecule has 0 radical (unpaired) electrons. The maximum absolute atomic E-state index is 11.6. The van der Waals surface area contributed by atoms with Gasteiger partial charge in [-0.2, -0.15) is 0 Å². The van der Waals surface area contributed by atoms with Crippen molar-refractivity contribution in [3.8, 4) is 0 Å². The number of likely N-dealkylation sites (N-methyl/N-ethyl adjacent to an activating group) is 1. The Balaban J connectivity index is 2.02. The van der Waals surface area contributed by atoms with Crippen LogP contribution in [0.5, 0.6) is 0 Å². The van der Waals surface area contributed by atoms with Crippen LogP contribution in [-0.4, -0.2) is 52.6 Å². The van der Waals surface area contributed by atoms with Gasteiger partial charge in [-0.3, -0.25) is 4.57 Å². The first kappa shape index (κ1) is 17.7. The highest BCUT2D eigenvalue weighted by Gasteiger charge is 2.32. The van der Waals surface area contributed by atoms with Gasteiger partial charge >= 0.3 is 5.82 Å². The van der Waals surface area contributed by atoms with E-state index < -0.39 is 0 Å². The number of aryl methyl sites for hydroxylation is 1. The first-order valence-corrected chi connectivity index (χ1v) is 8.79. The number of hydrogen-bond donors (Lipinski definition) is 0. The molecule has 25 heavy (non-hydrogen) atoms. The van der Waals surface area contributed by atoms with E-state index in [1.807, 2.05) is 35.8 Å². The van der Waals surface area contributed by atoms with Gasteiger partial charge in [0.2, 0.25) is 11.6 Å². The molecule has 1 aliphatic rings. The fourth-order valence-electron chi connectivity index (χ4n) is 3.14. The van der Waals surface area contributed by atoms with Crippen molar-refractivity contribution in [1.82, 2.24) is 14.5 Å². The Morgan fingerprint density at radius 2 is 1.84 bits per heavy atom. The molecule has 2 heterocycles. The molecule has 2 aromatic rings. The smallest absolute Gasteiger partial charge is 0.358 e. The monoisotopic (exact) mass is 363 g/mol. The summed E-state index contributed by atoms with van der Waals surface area (Å²) < 4.78 is 1.98. The Morgan fingerprint density at radius 3 is 2.40 bits per heavy atom. The predicted molar refractivity (Wildman–Crippen MR) is 98.5 cm³/mol. The average molecular weight is 364 g/mol. The fraction of sp³-hybridized carbons (Fsp3) is 0.471. The first-order chi connectivity index (χ1) is 12.0. The van der Waals surface area contributed by atoms with E-state index in [1.54, 1.807) is 0 Å². The minimum absolute atomic E-state index is 0.0460. The van der Waals surface area contributed by atoms with Crippen LogP contribution >= 0.6 is 11.6 Å². The molecule has 8 heteroatoms. The first-order valence-electron chi connectivity index (χ1n) is 8.41. The summed E-state index contributed by atoms with van der Waals surface area (Å²) in [5.41, 5.74) is 1.04. The normalized spacial score (nSPS) is 15.6. The largest absolute Gasteiger partial charge is 0.406 e. The van der Waals surface area contributed by atoms with Gasteiger partial charge in [-0.15, -0.1) is 0 Å². The molecular formula is C17H22ClN5O2. The van der Waals surface area contributed by atoms with Gasteiger partial charge in [0.1, 0.15) is 0 Å². The van der Waals surface area contributed by atoms with Gasteiger partial charge in [0.05, 0.1) is 6.54 Å². The number of hydrogen-bond acceptors (Lipinski definition) is 5. The van der Waals surface area contributed by atoms with Crippen LogP contribution in [0.4, 0.5) is 11.6 Å². The number of halogens is 1. The summed E-state index contributed by atoms with van der Waals surface area (Å²) >= 11 is 5.96. The number of aromatic nitrogens is 2. The van der Waals surface area contributed by atoms with Crippen LogP contribution in [0.3, 0.4) is 0 Å². The number of imidazole rings is 1. The summed E-state index contributed by atoms with van der Waals surface area (Å²) in [7, 11) is 2.06. The predicted octanol–water partition coefficient (Wildman–Crippen LogP) is 2.81. The number of rotatable bonds is 5. The van der Waals surface area contributed by atoms with Crippen molar-refractivity contribution >= 4 is 23.2 Å². The molecule has 1 fully saturated rings. The molecule has 0 saturated carbocycles. The van der Waals surface area contributed by atoms with Crippen molar-refractivity contribution in [2.24, 2.45) is 0 Å². The molecule has 1 aromatic heterocycles. The Labute approximate surface area is 152 Å². The molecule has 0 unspecified atom stereocenters. The van der Waals surface area contributed by atoms with Crippen LogP contribution in [0, 0.1) is 10.1 Å². The number of piperazine rings is 1. The lowest BCUT2D eigenvalue weighted by atomic mass is 10.2. The molecule has 1 aliphatic heterocycles. The molecule has 0 N–H and O–H groups in total. The molecular weight excluding hydrogens is 342 g/mol. The lowest BCUT2D eigenvalue weighted by Gasteiger charge is -2.33. The van der Waals surface area contributed by atoms with Crippen molar-refractivity contribution in [3.63, 3.8) is 0 Å². The van der Waals surface area contributed by atoms with Gasteiger partial charge in [0.15, 0.2) is 0 Å². The summed E-state index contributed by atoms with van der Waals surface area (Å²) in [6.07, 6.45) is 0.641. The Hall–Kier alpha value is -2.12. The number of benzene rings is 1. The van der Waals surface area contributed by atoms with Gasteiger partial charge in [0, 0.05) is 37.6 Å². The molecule has 0 amide bonds. The van der Waals surface area contributed by atoms with E-state index in [0.717, 1.165) is 37.6 Å². The molecule has 0 bridgehead atoms. The zero-order valence-electron chi connectivity index (χ0n) is 14.5. The highest BCUT2D eigenvalue weighted by molar-refractivity contribution is 6.30. The van der Waals surface area contributed by atoms with Gasteiger partial charge in [-0.05, 0) is 34.7 Å². The molecule has 0 spiro atoms. The number of nitro groups is 1. The second-order valence-electron chi connectivity index (χ2n) is 6.29. The van der Waals surface area contributed by atoms with E-state index in [1.165, 1.54) is 0 Å². The van der Waals surface area contributed by atoms with Crippen LogP contribution in [0.25, 0.3) is 0 Å². The van der Waals surface area contributed by atoms with Crippen LogP contribution < -0.4 is 4.90 Å². The van der Waals surface area contributed by atoms with E-state index in [4.69, 9.17) is 11.6 Å². The quantitative estimate of drug-likeness (QED) is 0.603. The van der Waals surface area contributed by atoms with Crippen LogP contribution in [0.15, 0.2) is 24.3 Å². The van der Waals surface area contributed by atoms with E-state index >= 15 is 0 Å². The zero-order chi connectivity index (χ0) is 18.0. The zero-order valence-corrected chi connectivity index (χ0v) is 15.2. The van der Waals surface area contributed by atoms with Gasteiger partial charge < -0.3 is 19.9 Å². The van der Waals surface area contributed by atoms with Crippen molar-refractivity contribution in [2.45, 2.75) is 19.9 Å². The highest BCUT2D eigenvalue weighted by atomic mass is 35.5. The minimum atomic E-state index is -0.370. The average Bonchev–Trinajstić information content (AvgIpc) is 2.96. The summed E-state index contributed by atoms with van der Waals surface area (Å²) in [6, 6.07) is 7.56. The molecule has 0 aliphatic carbocycles. The minimum Gasteiger partial charge on any atom is -0.358 e. The Bertz CT molecular complexity index is 751. The lowest BCUT2D eigenvalue weighted by Crippen LogP contribution is -2.45. The van der Waals surface area contributed by atoms with Crippen LogP contribution in [0.2, 0.25) is 5.02 Å². The lowest BCUT2D eigenvalue weighted by molar-refractivity contribution is -0.388. The van der Waals surface area contributed by atoms with E-state index in [-0.39, 0.29) is 10.7 Å². The van der Waals surface area contributed by atoms with Gasteiger partial charge in [-0.1, -0.05) is 30.7 Å². The van der Waals surface area contributed by atoms with Gasteiger partial charge in [-0.25, -0.2) is 0 Å². The second-order valence-corrected chi connectivity index (χ2v) is 6.73. The SMILES string of the molecule is CCc1nc([N+](=O)[O-])c(N2CCN(C)CC2)n1Cc1ccc(Cl)cc1. The van der Waals surface area contributed by atoms with E-state index in [9.17, 15) is 10.1 Å². The highest BCUT2D eigenvalue weighted by Crippen LogP contribution is 2.31. The summed E-state index contributed by atoms with van der Waals surface area (Å²) in [5, 5.41) is 12.3. The molecule has 0 atom stereocenters. The van der Waals surface area contributed by atoms with Gasteiger partial charge in [0.25, 0.3) is 0 Å². The molecule has 7 nitrogen and oxygen atoms in total. The van der Waals surface area contributed by atoms with E-state index in [2.05, 4.69) is 21.8 Å². The maximum Gasteiger partial charge on any atom is 0.406 e. The molecule has 3 rings (SSSR count). The topological polar surface area (TPSA) is 67.4 Å². The third-order valence-corrected chi connectivity index (χ3v) is 4.80. The van der Waals surface area contributed by atoms with E-state index in [0.29, 0.717) is 23.8 Å². The third kappa shape index (κ3) is 3.77. The van der Waals surface area contributed by atoms with Crippen LogP contribution in [0.1, 0.15) is 18.3 Å². The van der Waals surface area contributed by atoms with Crippen LogP contribution in [-0.2, 0) is 13.0 Å². The van der Waals surface area contributed by atoms with Crippen molar-refractivity contribution in [2.75, 3.05) is 38.1 Å². The Kier molecular flexibility index (Phi) is 5.24. The standard InChI is InChI=1S/C17H22ClN5O2/c1-3-15-19-16(23(24)25)17(21-10-8-20(2)9-11-21)22(15)12-13-4-6-14(18)7-5-13/h4-7H,3,8-12H2,1-2H3. The number of anilines is 1. The maximum atomic E-state index is 11.6. The Morgan fingerprint density at radius 1 is 1.20 bits per heavy atom. The van der Waals surface area contributed by atoms with Crippen molar-refractivity contribution in [3.05, 3.63) is 50.8 Å². The third-order valence-electron chi connectivity index (χ3n) is 4.55. The summed E-state index contributed by atoms with van der Waals surface area (Å²) in [5.74, 6) is 1.30. The second kappa shape index (κ2) is 7.41. The fourth-order valence-corrected chi connectivity index (χ4v) is 3.26. The van der Waals surface area contributed by atoms with Crippen molar-refractivity contribution in [1.29, 1.82) is 0 Å². The molecule has 134 valence electrons. The molecule has 1 saturated heterocycles. The summed E-state index contributed by atoms with van der Waals surface area (Å²) in [6.45, 7) is 5.79. The molecule has 1 aromatic carbocycles.